The van der Waals surface area contributed by atoms with E-state index in [-0.39, 0.29) is 12.5 Å². The number of aromatic nitrogens is 3. The molecular formula is C13H16N4OS3. The minimum absolute atomic E-state index is 0.0159. The summed E-state index contributed by atoms with van der Waals surface area (Å²) in [5.41, 5.74) is 0. The van der Waals surface area contributed by atoms with Crippen LogP contribution in [0, 0.1) is 4.77 Å². The monoisotopic (exact) mass is 340 g/mol. The van der Waals surface area contributed by atoms with Gasteiger partial charge in [-0.15, -0.1) is 11.3 Å². The van der Waals surface area contributed by atoms with E-state index in [9.17, 15) is 4.79 Å². The van der Waals surface area contributed by atoms with Crippen molar-refractivity contribution in [1.29, 1.82) is 0 Å². The number of hydrogen-bond donors (Lipinski definition) is 2. The van der Waals surface area contributed by atoms with Crippen LogP contribution in [-0.2, 0) is 11.3 Å². The first kappa shape index (κ1) is 14.8. The zero-order valence-electron chi connectivity index (χ0n) is 11.4. The average molecular weight is 340 g/mol. The van der Waals surface area contributed by atoms with E-state index in [1.807, 2.05) is 29.3 Å². The molecule has 2 N–H and O–H groups in total. The molecule has 1 atom stereocenters. The molecule has 0 aromatic carbocycles. The molecule has 2 aromatic heterocycles. The summed E-state index contributed by atoms with van der Waals surface area (Å²) in [6, 6.07) is 3.93. The van der Waals surface area contributed by atoms with Crippen LogP contribution in [0.2, 0.25) is 0 Å². The van der Waals surface area contributed by atoms with Gasteiger partial charge in [-0.1, -0.05) is 6.07 Å². The van der Waals surface area contributed by atoms with Crippen LogP contribution in [0.5, 0.6) is 0 Å². The first-order valence-electron chi connectivity index (χ1n) is 6.81. The maximum absolute atomic E-state index is 12.1. The first-order valence-corrected chi connectivity index (χ1v) is 9.15. The normalized spacial score (nSPS) is 18.0. The summed E-state index contributed by atoms with van der Waals surface area (Å²) in [6.07, 6.45) is 2.44. The molecule has 8 heteroatoms. The van der Waals surface area contributed by atoms with E-state index in [1.165, 1.54) is 18.6 Å². The lowest BCUT2D eigenvalue weighted by molar-refractivity contribution is -0.121. The second-order valence-electron chi connectivity index (χ2n) is 4.85. The molecule has 5 nitrogen and oxygen atoms in total. The van der Waals surface area contributed by atoms with Crippen molar-refractivity contribution in [2.75, 3.05) is 12.3 Å². The fraction of sp³-hybridized carbons (Fsp3) is 0.462. The van der Waals surface area contributed by atoms with E-state index in [1.54, 1.807) is 15.9 Å². The predicted molar refractivity (Wildman–Crippen MR) is 89.2 cm³/mol. The summed E-state index contributed by atoms with van der Waals surface area (Å²) in [6.45, 7) is 0.947. The smallest absolute Gasteiger partial charge is 0.240 e. The Labute approximate surface area is 136 Å². The Morgan fingerprint density at radius 3 is 3.24 bits per heavy atom. The molecule has 1 amide bonds. The zero-order chi connectivity index (χ0) is 14.7. The predicted octanol–water partition coefficient (Wildman–Crippen LogP) is 2.68. The molecule has 3 heterocycles. The summed E-state index contributed by atoms with van der Waals surface area (Å²) >= 11 is 8.74. The Morgan fingerprint density at radius 2 is 2.52 bits per heavy atom. The van der Waals surface area contributed by atoms with Crippen LogP contribution in [0.1, 0.15) is 12.8 Å². The van der Waals surface area contributed by atoms with Gasteiger partial charge in [-0.3, -0.25) is 14.5 Å². The Kier molecular flexibility index (Phi) is 4.77. The van der Waals surface area contributed by atoms with Gasteiger partial charge < -0.3 is 5.32 Å². The topological polar surface area (TPSA) is 62.7 Å². The number of carbonyl (C=O) groups is 1. The van der Waals surface area contributed by atoms with Gasteiger partial charge in [0.2, 0.25) is 5.91 Å². The van der Waals surface area contributed by atoms with Crippen molar-refractivity contribution in [2.24, 2.45) is 0 Å². The number of rotatable bonds is 5. The summed E-state index contributed by atoms with van der Waals surface area (Å²) in [7, 11) is 0. The Morgan fingerprint density at radius 1 is 1.62 bits per heavy atom. The number of aromatic amines is 1. The Balaban J connectivity index is 1.65. The zero-order valence-corrected chi connectivity index (χ0v) is 13.8. The number of thiophene rings is 1. The van der Waals surface area contributed by atoms with Crippen LogP contribution in [0.4, 0.5) is 0 Å². The lowest BCUT2D eigenvalue weighted by atomic mass is 10.2. The van der Waals surface area contributed by atoms with Crippen molar-refractivity contribution >= 4 is 41.2 Å². The minimum atomic E-state index is -0.0159. The molecule has 0 spiro atoms. The molecule has 1 aliphatic heterocycles. The molecule has 112 valence electrons. The van der Waals surface area contributed by atoms with Gasteiger partial charge in [0.15, 0.2) is 10.6 Å². The van der Waals surface area contributed by atoms with Crippen molar-refractivity contribution in [2.45, 2.75) is 24.6 Å². The lowest BCUT2D eigenvalue weighted by Crippen LogP contribution is -2.32. The van der Waals surface area contributed by atoms with Crippen LogP contribution in [-0.4, -0.2) is 38.2 Å². The van der Waals surface area contributed by atoms with Crippen molar-refractivity contribution in [3.63, 3.8) is 0 Å². The van der Waals surface area contributed by atoms with Crippen LogP contribution >= 0.6 is 35.3 Å². The summed E-state index contributed by atoms with van der Waals surface area (Å²) in [4.78, 5) is 13.1. The van der Waals surface area contributed by atoms with Crippen LogP contribution < -0.4 is 5.32 Å². The third-order valence-corrected chi connectivity index (χ3v) is 5.93. The summed E-state index contributed by atoms with van der Waals surface area (Å²) < 4.78 is 2.22. The van der Waals surface area contributed by atoms with Crippen LogP contribution in [0.15, 0.2) is 17.5 Å². The lowest BCUT2D eigenvalue weighted by Gasteiger charge is -2.11. The molecule has 21 heavy (non-hydrogen) atoms. The number of nitrogens with zero attached hydrogens (tertiary/aromatic N) is 2. The van der Waals surface area contributed by atoms with Gasteiger partial charge in [-0.05, 0) is 42.3 Å². The molecule has 1 aliphatic rings. The molecule has 0 unspecified atom stereocenters. The second-order valence-corrected chi connectivity index (χ2v) is 7.60. The van der Waals surface area contributed by atoms with Crippen LogP contribution in [0.25, 0.3) is 10.7 Å². The maximum atomic E-state index is 12.1. The van der Waals surface area contributed by atoms with Gasteiger partial charge in [0.1, 0.15) is 6.54 Å². The summed E-state index contributed by atoms with van der Waals surface area (Å²) in [5, 5.41) is 12.5. The highest BCUT2D eigenvalue weighted by Crippen LogP contribution is 2.25. The van der Waals surface area contributed by atoms with Crippen molar-refractivity contribution < 1.29 is 4.79 Å². The largest absolute Gasteiger partial charge is 0.353 e. The van der Waals surface area contributed by atoms with Crippen molar-refractivity contribution in [1.82, 2.24) is 20.1 Å². The molecule has 3 rings (SSSR count). The van der Waals surface area contributed by atoms with Crippen molar-refractivity contribution in [3.8, 4) is 10.7 Å². The highest BCUT2D eigenvalue weighted by atomic mass is 32.2. The first-order chi connectivity index (χ1) is 10.2. The van der Waals surface area contributed by atoms with E-state index in [0.29, 0.717) is 10.0 Å². The number of nitrogens with one attached hydrogen (secondary N) is 2. The molecule has 0 radical (unpaired) electrons. The molecule has 0 saturated carbocycles. The number of thioether (sulfide) groups is 1. The van der Waals surface area contributed by atoms with Crippen LogP contribution in [0.3, 0.4) is 0 Å². The minimum Gasteiger partial charge on any atom is -0.353 e. The van der Waals surface area contributed by atoms with Gasteiger partial charge in [0, 0.05) is 11.8 Å². The fourth-order valence-electron chi connectivity index (χ4n) is 2.29. The number of hydrogen-bond acceptors (Lipinski definition) is 5. The quantitative estimate of drug-likeness (QED) is 0.822. The van der Waals surface area contributed by atoms with Gasteiger partial charge >= 0.3 is 0 Å². The fourth-order valence-corrected chi connectivity index (χ4v) is 4.41. The van der Waals surface area contributed by atoms with E-state index < -0.39 is 0 Å². The Bertz CT molecular complexity index is 655. The third kappa shape index (κ3) is 3.56. The van der Waals surface area contributed by atoms with E-state index >= 15 is 0 Å². The van der Waals surface area contributed by atoms with Gasteiger partial charge in [-0.25, -0.2) is 0 Å². The Hall–Kier alpha value is -1.12. The number of amides is 1. The SMILES string of the molecule is O=C(Cn1c(-c2cccs2)n[nH]c1=S)NC[C@H]1CCCS1. The number of H-pyrrole nitrogens is 1. The van der Waals surface area contributed by atoms with E-state index in [2.05, 4.69) is 15.5 Å². The molecule has 2 aromatic rings. The molecular weight excluding hydrogens is 324 g/mol. The molecule has 1 saturated heterocycles. The van der Waals surface area contributed by atoms with E-state index in [4.69, 9.17) is 12.2 Å². The molecule has 0 bridgehead atoms. The standard InChI is InChI=1S/C13H16N4OS3/c18-11(14-7-9-3-1-5-20-9)8-17-12(15-16-13(17)19)10-4-2-6-21-10/h2,4,6,9H,1,3,5,7-8H2,(H,14,18)(H,16,19)/t9-/m1/s1. The average Bonchev–Trinajstić information content (AvgIpc) is 3.19. The highest BCUT2D eigenvalue weighted by Gasteiger charge is 2.17. The molecule has 0 aliphatic carbocycles. The third-order valence-electron chi connectivity index (χ3n) is 3.35. The number of carbonyl (C=O) groups excluding carboxylic acids is 1. The maximum Gasteiger partial charge on any atom is 0.240 e. The summed E-state index contributed by atoms with van der Waals surface area (Å²) in [5.74, 6) is 1.91. The van der Waals surface area contributed by atoms with Crippen molar-refractivity contribution in [3.05, 3.63) is 22.3 Å². The highest BCUT2D eigenvalue weighted by molar-refractivity contribution is 8.00. The second kappa shape index (κ2) is 6.76. The van der Waals surface area contributed by atoms with Gasteiger partial charge in [0.05, 0.1) is 4.88 Å². The molecule has 1 fully saturated rings. The van der Waals surface area contributed by atoms with Gasteiger partial charge in [-0.2, -0.15) is 16.9 Å². The van der Waals surface area contributed by atoms with E-state index in [0.717, 1.165) is 17.2 Å². The van der Waals surface area contributed by atoms with Gasteiger partial charge in [0.25, 0.3) is 0 Å².